The second kappa shape index (κ2) is 6.80. The van der Waals surface area contributed by atoms with Crippen LogP contribution < -0.4 is 5.32 Å². The number of hydrogen-bond acceptors (Lipinski definition) is 4. The Kier molecular flexibility index (Phi) is 5.66. The van der Waals surface area contributed by atoms with Crippen LogP contribution in [0.3, 0.4) is 0 Å². The molecule has 0 radical (unpaired) electrons. The van der Waals surface area contributed by atoms with Gasteiger partial charge in [-0.05, 0) is 31.6 Å². The first kappa shape index (κ1) is 15.8. The third kappa shape index (κ3) is 3.62. The van der Waals surface area contributed by atoms with E-state index in [0.29, 0.717) is 5.69 Å². The molecule has 0 saturated carbocycles. The Morgan fingerprint density at radius 2 is 2.00 bits per heavy atom. The maximum atomic E-state index is 11.1. The number of nitro groups is 1. The largest absolute Gasteiger partial charge is 0.378 e. The van der Waals surface area contributed by atoms with Crippen molar-refractivity contribution >= 4 is 23.1 Å². The monoisotopic (exact) mass is 282 g/mol. The molecule has 4 nitrogen and oxygen atoms in total. The first-order valence-electron chi connectivity index (χ1n) is 6.52. The molecule has 0 saturated heterocycles. The summed E-state index contributed by atoms with van der Waals surface area (Å²) in [4.78, 5) is 10.7. The summed E-state index contributed by atoms with van der Waals surface area (Å²) in [6.45, 7) is 6.96. The van der Waals surface area contributed by atoms with Crippen LogP contribution in [0.5, 0.6) is 0 Å². The number of hydrogen-bond donors (Lipinski definition) is 1. The molecule has 1 N–H and O–H groups in total. The Hall–Kier alpha value is -1.23. The smallest absolute Gasteiger partial charge is 0.292 e. The summed E-state index contributed by atoms with van der Waals surface area (Å²) >= 11 is 1.82. The number of aryl methyl sites for hydroxylation is 1. The zero-order valence-corrected chi connectivity index (χ0v) is 12.8. The van der Waals surface area contributed by atoms with Crippen LogP contribution in [0.25, 0.3) is 0 Å². The highest BCUT2D eigenvalue weighted by molar-refractivity contribution is 8.00. The maximum absolute atomic E-state index is 11.1. The molecule has 0 aromatic heterocycles. The van der Waals surface area contributed by atoms with Crippen molar-refractivity contribution in [2.24, 2.45) is 0 Å². The summed E-state index contributed by atoms with van der Waals surface area (Å²) in [5, 5.41) is 14.4. The Balaban J connectivity index is 2.97. The number of anilines is 1. The third-order valence-corrected chi connectivity index (χ3v) is 5.34. The average molecular weight is 282 g/mol. The Labute approximate surface area is 119 Å². The summed E-state index contributed by atoms with van der Waals surface area (Å²) in [6.07, 6.45) is 4.18. The van der Waals surface area contributed by atoms with Crippen molar-refractivity contribution in [1.29, 1.82) is 0 Å². The molecule has 0 spiro atoms. The van der Waals surface area contributed by atoms with E-state index in [1.165, 1.54) is 0 Å². The summed E-state index contributed by atoms with van der Waals surface area (Å²) in [5.41, 5.74) is 1.71. The number of benzene rings is 1. The van der Waals surface area contributed by atoms with E-state index in [4.69, 9.17) is 0 Å². The average Bonchev–Trinajstić information content (AvgIpc) is 2.42. The number of nitrogens with zero attached hydrogens (tertiary/aromatic N) is 1. The van der Waals surface area contributed by atoms with Crippen molar-refractivity contribution in [3.63, 3.8) is 0 Å². The minimum absolute atomic E-state index is 0.135. The first-order valence-corrected chi connectivity index (χ1v) is 7.75. The van der Waals surface area contributed by atoms with Gasteiger partial charge in [-0.15, -0.1) is 0 Å². The molecule has 0 unspecified atom stereocenters. The van der Waals surface area contributed by atoms with Gasteiger partial charge in [0, 0.05) is 17.4 Å². The SMILES string of the molecule is CCC(CC)(CNc1c(C)cccc1[N+](=O)[O-])SC. The lowest BCUT2D eigenvalue weighted by atomic mass is 10.0. The highest BCUT2D eigenvalue weighted by atomic mass is 32.2. The van der Waals surface area contributed by atoms with Crippen molar-refractivity contribution in [2.45, 2.75) is 38.4 Å². The van der Waals surface area contributed by atoms with Crippen molar-refractivity contribution in [1.82, 2.24) is 0 Å². The van der Waals surface area contributed by atoms with Crippen LogP contribution in [-0.4, -0.2) is 22.5 Å². The Morgan fingerprint density at radius 3 is 2.47 bits per heavy atom. The molecule has 0 aliphatic carbocycles. The zero-order valence-electron chi connectivity index (χ0n) is 12.0. The van der Waals surface area contributed by atoms with Gasteiger partial charge in [0.25, 0.3) is 5.69 Å². The highest BCUT2D eigenvalue weighted by Crippen LogP contribution is 2.33. The zero-order chi connectivity index (χ0) is 14.5. The van der Waals surface area contributed by atoms with E-state index < -0.39 is 0 Å². The van der Waals surface area contributed by atoms with Crippen LogP contribution in [0.15, 0.2) is 18.2 Å². The van der Waals surface area contributed by atoms with Gasteiger partial charge in [-0.1, -0.05) is 26.0 Å². The van der Waals surface area contributed by atoms with Crippen LogP contribution in [-0.2, 0) is 0 Å². The second-order valence-electron chi connectivity index (χ2n) is 4.67. The lowest BCUT2D eigenvalue weighted by Crippen LogP contribution is -2.32. The van der Waals surface area contributed by atoms with Crippen LogP contribution in [0.4, 0.5) is 11.4 Å². The molecule has 0 bridgehead atoms. The van der Waals surface area contributed by atoms with E-state index in [9.17, 15) is 10.1 Å². The van der Waals surface area contributed by atoms with E-state index in [2.05, 4.69) is 25.4 Å². The molecule has 0 heterocycles. The van der Waals surface area contributed by atoms with Crippen molar-refractivity contribution in [3.8, 4) is 0 Å². The molecule has 106 valence electrons. The highest BCUT2D eigenvalue weighted by Gasteiger charge is 2.26. The first-order chi connectivity index (χ1) is 8.99. The standard InChI is InChI=1S/C14H22N2O2S/c1-5-14(6-2,19-4)10-15-13-11(3)8-7-9-12(13)16(17)18/h7-9,15H,5-6,10H2,1-4H3. The van der Waals surface area contributed by atoms with Gasteiger partial charge in [0.2, 0.25) is 0 Å². The number of rotatable bonds is 7. The van der Waals surface area contributed by atoms with Gasteiger partial charge in [-0.2, -0.15) is 11.8 Å². The predicted octanol–water partition coefficient (Wildman–Crippen LogP) is 4.24. The molecule has 1 aromatic rings. The van der Waals surface area contributed by atoms with E-state index in [1.54, 1.807) is 12.1 Å². The lowest BCUT2D eigenvalue weighted by molar-refractivity contribution is -0.384. The summed E-state index contributed by atoms with van der Waals surface area (Å²) < 4.78 is 0.135. The molecular weight excluding hydrogens is 260 g/mol. The van der Waals surface area contributed by atoms with Crippen molar-refractivity contribution in [3.05, 3.63) is 33.9 Å². The van der Waals surface area contributed by atoms with Gasteiger partial charge in [0.1, 0.15) is 5.69 Å². The lowest BCUT2D eigenvalue weighted by Gasteiger charge is -2.30. The molecule has 19 heavy (non-hydrogen) atoms. The molecule has 0 amide bonds. The molecule has 0 atom stereocenters. The summed E-state index contributed by atoms with van der Waals surface area (Å²) in [7, 11) is 0. The fourth-order valence-corrected chi connectivity index (χ4v) is 2.94. The van der Waals surface area contributed by atoms with Gasteiger partial charge < -0.3 is 5.32 Å². The minimum Gasteiger partial charge on any atom is -0.378 e. The van der Waals surface area contributed by atoms with Crippen LogP contribution in [0.1, 0.15) is 32.3 Å². The fraction of sp³-hybridized carbons (Fsp3) is 0.571. The predicted molar refractivity (Wildman–Crippen MR) is 83.2 cm³/mol. The van der Waals surface area contributed by atoms with E-state index in [0.717, 1.165) is 24.9 Å². The molecule has 0 aliphatic rings. The number of nitrogens with one attached hydrogen (secondary N) is 1. The topological polar surface area (TPSA) is 55.2 Å². The van der Waals surface area contributed by atoms with Crippen LogP contribution in [0, 0.1) is 17.0 Å². The normalized spacial score (nSPS) is 11.4. The molecule has 0 fully saturated rings. The van der Waals surface area contributed by atoms with Crippen LogP contribution in [0.2, 0.25) is 0 Å². The van der Waals surface area contributed by atoms with Gasteiger partial charge in [-0.25, -0.2) is 0 Å². The molecular formula is C14H22N2O2S. The van der Waals surface area contributed by atoms with Gasteiger partial charge >= 0.3 is 0 Å². The Bertz CT molecular complexity index is 437. The van der Waals surface area contributed by atoms with E-state index in [-0.39, 0.29) is 15.4 Å². The van der Waals surface area contributed by atoms with E-state index in [1.807, 2.05) is 24.8 Å². The van der Waals surface area contributed by atoms with Gasteiger partial charge in [-0.3, -0.25) is 10.1 Å². The minimum atomic E-state index is -0.325. The second-order valence-corrected chi connectivity index (χ2v) is 5.95. The molecule has 0 aliphatic heterocycles. The number of nitro benzene ring substituents is 1. The third-order valence-electron chi connectivity index (χ3n) is 3.76. The molecule has 1 rings (SSSR count). The van der Waals surface area contributed by atoms with E-state index >= 15 is 0 Å². The maximum Gasteiger partial charge on any atom is 0.292 e. The summed E-state index contributed by atoms with van der Waals surface area (Å²) in [5.74, 6) is 0. The fourth-order valence-electron chi connectivity index (χ4n) is 2.14. The van der Waals surface area contributed by atoms with Crippen LogP contribution >= 0.6 is 11.8 Å². The van der Waals surface area contributed by atoms with Gasteiger partial charge in [0.05, 0.1) is 4.92 Å². The Morgan fingerprint density at radius 1 is 1.37 bits per heavy atom. The number of para-hydroxylation sites is 1. The molecule has 1 aromatic carbocycles. The number of thioether (sulfide) groups is 1. The van der Waals surface area contributed by atoms with Gasteiger partial charge in [0.15, 0.2) is 0 Å². The summed E-state index contributed by atoms with van der Waals surface area (Å²) in [6, 6.07) is 5.17. The van der Waals surface area contributed by atoms with Crippen molar-refractivity contribution < 1.29 is 4.92 Å². The quantitative estimate of drug-likeness (QED) is 0.600. The van der Waals surface area contributed by atoms with Crippen molar-refractivity contribution in [2.75, 3.05) is 18.1 Å². The molecule has 5 heteroatoms.